The summed E-state index contributed by atoms with van der Waals surface area (Å²) in [6.07, 6.45) is -3.12. The van der Waals surface area contributed by atoms with Crippen LogP contribution in [-0.4, -0.2) is 45.8 Å². The van der Waals surface area contributed by atoms with Gasteiger partial charge in [0.05, 0.1) is 0 Å². The number of amides is 1. The number of aliphatic hydroxyl groups is 1. The van der Waals surface area contributed by atoms with Crippen LogP contribution in [0, 0.1) is 0 Å². The van der Waals surface area contributed by atoms with Crippen molar-refractivity contribution in [1.29, 1.82) is 0 Å². The fourth-order valence-electron chi connectivity index (χ4n) is 2.70. The zero-order valence-electron chi connectivity index (χ0n) is 13.0. The van der Waals surface area contributed by atoms with E-state index >= 15 is 0 Å². The number of rotatable bonds is 3. The summed E-state index contributed by atoms with van der Waals surface area (Å²) in [4.78, 5) is 24.9. The highest BCUT2D eigenvalue weighted by atomic mass is 19.4. The highest BCUT2D eigenvalue weighted by Gasteiger charge is 2.51. The molecule has 0 radical (unpaired) electrons. The highest BCUT2D eigenvalue weighted by Crippen LogP contribution is 2.38. The maximum atomic E-state index is 12.8. The van der Waals surface area contributed by atoms with Gasteiger partial charge in [0.1, 0.15) is 6.04 Å². The summed E-state index contributed by atoms with van der Waals surface area (Å²) in [6, 6.07) is 3.47. The number of carboxylic acids is 1. The molecule has 1 fully saturated rings. The molecule has 2 unspecified atom stereocenters. The Morgan fingerprint density at radius 2 is 1.75 bits per heavy atom. The number of aliphatic carboxylic acids is 1. The van der Waals surface area contributed by atoms with Crippen molar-refractivity contribution in [2.45, 2.75) is 44.0 Å². The van der Waals surface area contributed by atoms with Crippen LogP contribution in [0.5, 0.6) is 0 Å². The van der Waals surface area contributed by atoms with Crippen molar-refractivity contribution >= 4 is 11.9 Å². The summed E-state index contributed by atoms with van der Waals surface area (Å²) >= 11 is 0. The molecule has 1 heterocycles. The second-order valence-electron chi connectivity index (χ2n) is 6.00. The highest BCUT2D eigenvalue weighted by molar-refractivity contribution is 5.96. The predicted molar refractivity (Wildman–Crippen MR) is 78.4 cm³/mol. The number of halogens is 3. The van der Waals surface area contributed by atoms with Crippen LogP contribution in [0.2, 0.25) is 0 Å². The molecule has 1 aromatic carbocycles. The summed E-state index contributed by atoms with van der Waals surface area (Å²) in [7, 11) is 0. The topological polar surface area (TPSA) is 77.8 Å². The molecule has 2 N–H and O–H groups in total. The molecular formula is C16H18F3NO4. The van der Waals surface area contributed by atoms with Crippen molar-refractivity contribution in [2.75, 3.05) is 6.54 Å². The number of nitrogens with zero attached hydrogens (tertiary/aromatic N) is 1. The molecule has 1 aromatic rings. The van der Waals surface area contributed by atoms with E-state index < -0.39 is 29.7 Å². The Balaban J connectivity index is 2.24. The minimum atomic E-state index is -4.85. The molecule has 2 rings (SSSR count). The molecule has 2 atom stereocenters. The molecule has 1 aliphatic rings. The van der Waals surface area contributed by atoms with Gasteiger partial charge in [-0.15, -0.1) is 0 Å². The number of carbonyl (C=O) groups is 2. The molecule has 1 aliphatic heterocycles. The van der Waals surface area contributed by atoms with Crippen LogP contribution >= 0.6 is 0 Å². The zero-order valence-corrected chi connectivity index (χ0v) is 13.0. The van der Waals surface area contributed by atoms with Gasteiger partial charge in [0.25, 0.3) is 5.91 Å². The molecular weight excluding hydrogens is 327 g/mol. The first kappa shape index (κ1) is 18.3. The number of alkyl halides is 3. The number of likely N-dealkylation sites (tertiary alicyclic amines) is 1. The monoisotopic (exact) mass is 345 g/mol. The first-order chi connectivity index (χ1) is 11.1. The van der Waals surface area contributed by atoms with Gasteiger partial charge < -0.3 is 15.1 Å². The van der Waals surface area contributed by atoms with Gasteiger partial charge in [0, 0.05) is 12.1 Å². The van der Waals surface area contributed by atoms with Crippen LogP contribution < -0.4 is 0 Å². The summed E-state index contributed by atoms with van der Waals surface area (Å²) < 4.78 is 38.5. The van der Waals surface area contributed by atoms with E-state index in [9.17, 15) is 33.0 Å². The largest absolute Gasteiger partial charge is 0.480 e. The van der Waals surface area contributed by atoms with Crippen LogP contribution in [0.15, 0.2) is 24.3 Å². The van der Waals surface area contributed by atoms with Crippen molar-refractivity contribution in [2.24, 2.45) is 0 Å². The molecule has 1 saturated heterocycles. The summed E-state index contributed by atoms with van der Waals surface area (Å²) in [5.74, 6) is -1.64. The van der Waals surface area contributed by atoms with Gasteiger partial charge >= 0.3 is 12.1 Å². The fourth-order valence-corrected chi connectivity index (χ4v) is 2.70. The Kier molecular flexibility index (Phi) is 4.89. The third-order valence-electron chi connectivity index (χ3n) is 4.29. The lowest BCUT2D eigenvalue weighted by molar-refractivity contribution is -0.258. The van der Waals surface area contributed by atoms with Crippen molar-refractivity contribution in [3.8, 4) is 0 Å². The second kappa shape index (κ2) is 6.43. The Bertz CT molecular complexity index is 625. The lowest BCUT2D eigenvalue weighted by atomic mass is 9.94. The summed E-state index contributed by atoms with van der Waals surface area (Å²) in [5.41, 5.74) is -3.33. The fraction of sp³-hybridized carbons (Fsp3) is 0.500. The van der Waals surface area contributed by atoms with Gasteiger partial charge in [0.2, 0.25) is 0 Å². The van der Waals surface area contributed by atoms with E-state index in [-0.39, 0.29) is 17.7 Å². The minimum Gasteiger partial charge on any atom is -0.480 e. The predicted octanol–water partition coefficient (Wildman–Crippen LogP) is 2.54. The van der Waals surface area contributed by atoms with Gasteiger partial charge in [-0.3, -0.25) is 4.79 Å². The second-order valence-corrected chi connectivity index (χ2v) is 6.00. The molecule has 8 heteroatoms. The Morgan fingerprint density at radius 1 is 1.17 bits per heavy atom. The van der Waals surface area contributed by atoms with Crippen molar-refractivity contribution in [3.63, 3.8) is 0 Å². The lowest BCUT2D eigenvalue weighted by Crippen LogP contribution is -2.48. The third kappa shape index (κ3) is 3.38. The number of carbonyl (C=O) groups excluding carboxylic acids is 1. The SMILES string of the molecule is CC(O)(c1ccc(C(=O)N2CCCCC2C(=O)O)cc1)C(F)(F)F. The first-order valence-corrected chi connectivity index (χ1v) is 7.49. The van der Waals surface area contributed by atoms with Crippen LogP contribution in [0.25, 0.3) is 0 Å². The molecule has 0 aliphatic carbocycles. The van der Waals surface area contributed by atoms with Crippen LogP contribution in [0.1, 0.15) is 42.1 Å². The first-order valence-electron chi connectivity index (χ1n) is 7.49. The summed E-state index contributed by atoms with van der Waals surface area (Å²) in [5, 5.41) is 18.8. The molecule has 24 heavy (non-hydrogen) atoms. The quantitative estimate of drug-likeness (QED) is 0.882. The van der Waals surface area contributed by atoms with Crippen molar-refractivity contribution in [3.05, 3.63) is 35.4 Å². The van der Waals surface area contributed by atoms with E-state index in [0.717, 1.165) is 12.1 Å². The Morgan fingerprint density at radius 3 is 2.25 bits per heavy atom. The van der Waals surface area contributed by atoms with E-state index in [1.807, 2.05) is 0 Å². The maximum Gasteiger partial charge on any atom is 0.421 e. The number of hydrogen-bond donors (Lipinski definition) is 2. The van der Waals surface area contributed by atoms with Gasteiger partial charge in [-0.1, -0.05) is 12.1 Å². The molecule has 0 bridgehead atoms. The third-order valence-corrected chi connectivity index (χ3v) is 4.29. The maximum absolute atomic E-state index is 12.8. The standard InChI is InChI=1S/C16H18F3NO4/c1-15(24,16(17,18)19)11-7-5-10(6-8-11)13(21)20-9-3-2-4-12(20)14(22)23/h5-8,12,24H,2-4,9H2,1H3,(H,22,23). The van der Waals surface area contributed by atoms with Gasteiger partial charge in [0.15, 0.2) is 5.60 Å². The zero-order chi connectivity index (χ0) is 18.1. The Hall–Kier alpha value is -2.09. The number of carboxylic acid groups (broad SMARTS) is 1. The molecule has 0 spiro atoms. The van der Waals surface area contributed by atoms with E-state index in [1.165, 1.54) is 17.0 Å². The van der Waals surface area contributed by atoms with Gasteiger partial charge in [-0.2, -0.15) is 13.2 Å². The number of piperidine rings is 1. The number of benzene rings is 1. The molecule has 0 saturated carbocycles. The molecule has 132 valence electrons. The number of hydrogen-bond acceptors (Lipinski definition) is 3. The minimum absolute atomic E-state index is 0.0878. The van der Waals surface area contributed by atoms with Crippen LogP contribution in [0.3, 0.4) is 0 Å². The van der Waals surface area contributed by atoms with Crippen LogP contribution in [0.4, 0.5) is 13.2 Å². The normalized spacial score (nSPS) is 21.2. The van der Waals surface area contributed by atoms with Gasteiger partial charge in [-0.25, -0.2) is 4.79 Å². The Labute approximate surface area is 136 Å². The average molecular weight is 345 g/mol. The van der Waals surface area contributed by atoms with E-state index in [4.69, 9.17) is 0 Å². The molecule has 1 amide bonds. The summed E-state index contributed by atoms with van der Waals surface area (Å²) in [6.45, 7) is 0.923. The smallest absolute Gasteiger partial charge is 0.421 e. The lowest BCUT2D eigenvalue weighted by Gasteiger charge is -2.33. The van der Waals surface area contributed by atoms with Gasteiger partial charge in [-0.05, 0) is 43.9 Å². The van der Waals surface area contributed by atoms with E-state index in [0.29, 0.717) is 26.2 Å². The molecule has 5 nitrogen and oxygen atoms in total. The van der Waals surface area contributed by atoms with Crippen molar-refractivity contribution in [1.82, 2.24) is 4.90 Å². The molecule has 0 aromatic heterocycles. The average Bonchev–Trinajstić information content (AvgIpc) is 2.53. The van der Waals surface area contributed by atoms with Crippen LogP contribution in [-0.2, 0) is 10.4 Å². The van der Waals surface area contributed by atoms with Crippen molar-refractivity contribution < 1.29 is 33.0 Å². The van der Waals surface area contributed by atoms with E-state index in [2.05, 4.69) is 0 Å². The van der Waals surface area contributed by atoms with E-state index in [1.54, 1.807) is 0 Å².